The fourth-order valence-electron chi connectivity index (χ4n) is 3.10. The van der Waals surface area contributed by atoms with Gasteiger partial charge in [-0.3, -0.25) is 4.90 Å². The number of hydrogen-bond donors (Lipinski definition) is 1. The number of nitrogens with two attached hydrogens (primary N) is 1. The maximum atomic E-state index is 5.95. The molecule has 94 valence electrons. The first-order valence-corrected chi connectivity index (χ1v) is 6.90. The van der Waals surface area contributed by atoms with Gasteiger partial charge in [0.05, 0.1) is 6.10 Å². The van der Waals surface area contributed by atoms with Crippen LogP contribution in [0.5, 0.6) is 0 Å². The summed E-state index contributed by atoms with van der Waals surface area (Å²) in [5, 5.41) is 0. The van der Waals surface area contributed by atoms with Gasteiger partial charge in [0, 0.05) is 25.7 Å². The van der Waals surface area contributed by atoms with Gasteiger partial charge in [-0.15, -0.1) is 0 Å². The van der Waals surface area contributed by atoms with E-state index in [-0.39, 0.29) is 0 Å². The molecule has 2 aliphatic rings. The van der Waals surface area contributed by atoms with Gasteiger partial charge in [-0.05, 0) is 45.1 Å². The molecule has 2 N–H and O–H groups in total. The Morgan fingerprint density at radius 3 is 2.69 bits per heavy atom. The van der Waals surface area contributed by atoms with Crippen molar-refractivity contribution in [2.24, 2.45) is 11.7 Å². The van der Waals surface area contributed by atoms with Gasteiger partial charge in [0.1, 0.15) is 0 Å². The van der Waals surface area contributed by atoms with E-state index in [4.69, 9.17) is 10.5 Å². The third-order valence-electron chi connectivity index (χ3n) is 4.22. The third-order valence-corrected chi connectivity index (χ3v) is 4.22. The molecule has 2 unspecified atom stereocenters. The van der Waals surface area contributed by atoms with Crippen molar-refractivity contribution in [1.29, 1.82) is 0 Å². The van der Waals surface area contributed by atoms with Gasteiger partial charge in [-0.1, -0.05) is 6.42 Å². The van der Waals surface area contributed by atoms with Gasteiger partial charge in [0.25, 0.3) is 0 Å². The summed E-state index contributed by atoms with van der Waals surface area (Å²) in [6.45, 7) is 6.08. The molecule has 0 radical (unpaired) electrons. The Bertz CT molecular complexity index is 204. The largest absolute Gasteiger partial charge is 0.377 e. The van der Waals surface area contributed by atoms with E-state index < -0.39 is 0 Å². The number of hydrogen-bond acceptors (Lipinski definition) is 3. The number of piperidine rings is 1. The predicted molar refractivity (Wildman–Crippen MR) is 66.4 cm³/mol. The van der Waals surface area contributed by atoms with Crippen LogP contribution in [0, 0.1) is 5.92 Å². The molecule has 0 bridgehead atoms. The van der Waals surface area contributed by atoms with Crippen molar-refractivity contribution in [3.05, 3.63) is 0 Å². The molecule has 1 saturated carbocycles. The number of rotatable bonds is 5. The monoisotopic (exact) mass is 226 g/mol. The minimum Gasteiger partial charge on any atom is -0.377 e. The Morgan fingerprint density at radius 2 is 2.12 bits per heavy atom. The lowest BCUT2D eigenvalue weighted by Gasteiger charge is -2.44. The normalized spacial score (nSPS) is 30.0. The van der Waals surface area contributed by atoms with E-state index in [1.807, 2.05) is 0 Å². The third kappa shape index (κ3) is 2.76. The van der Waals surface area contributed by atoms with E-state index in [1.165, 1.54) is 38.6 Å². The van der Waals surface area contributed by atoms with Crippen LogP contribution in [-0.2, 0) is 4.74 Å². The average molecular weight is 226 g/mol. The fourth-order valence-corrected chi connectivity index (χ4v) is 3.10. The molecule has 1 saturated heterocycles. The second-order valence-corrected chi connectivity index (χ2v) is 5.21. The topological polar surface area (TPSA) is 38.5 Å². The van der Waals surface area contributed by atoms with E-state index >= 15 is 0 Å². The Labute approximate surface area is 99.3 Å². The van der Waals surface area contributed by atoms with Crippen LogP contribution in [0.4, 0.5) is 0 Å². The highest BCUT2D eigenvalue weighted by Crippen LogP contribution is 2.33. The van der Waals surface area contributed by atoms with Crippen LogP contribution in [0.1, 0.15) is 39.0 Å². The number of nitrogens with zero attached hydrogens (tertiary/aromatic N) is 1. The van der Waals surface area contributed by atoms with Crippen molar-refractivity contribution in [3.63, 3.8) is 0 Å². The fraction of sp³-hybridized carbons (Fsp3) is 1.00. The lowest BCUT2D eigenvalue weighted by Crippen LogP contribution is -2.52. The van der Waals surface area contributed by atoms with Crippen LogP contribution in [0.15, 0.2) is 0 Å². The molecule has 3 nitrogen and oxygen atoms in total. The van der Waals surface area contributed by atoms with Crippen LogP contribution in [-0.4, -0.2) is 43.3 Å². The molecule has 0 aromatic heterocycles. The van der Waals surface area contributed by atoms with Gasteiger partial charge in [0.15, 0.2) is 0 Å². The molecule has 0 aromatic carbocycles. The Balaban J connectivity index is 1.85. The van der Waals surface area contributed by atoms with E-state index in [1.54, 1.807) is 0 Å². The zero-order valence-electron chi connectivity index (χ0n) is 10.5. The Morgan fingerprint density at radius 1 is 1.31 bits per heavy atom. The molecule has 2 atom stereocenters. The number of likely N-dealkylation sites (tertiary alicyclic amines) is 1. The highest BCUT2D eigenvalue weighted by molar-refractivity contribution is 4.88. The van der Waals surface area contributed by atoms with Crippen LogP contribution in [0.25, 0.3) is 0 Å². The molecule has 1 heterocycles. The Hall–Kier alpha value is -0.120. The lowest BCUT2D eigenvalue weighted by molar-refractivity contribution is -0.0218. The maximum absolute atomic E-state index is 5.95. The van der Waals surface area contributed by atoms with Crippen LogP contribution in [0.3, 0.4) is 0 Å². The quantitative estimate of drug-likeness (QED) is 0.774. The first-order valence-electron chi connectivity index (χ1n) is 6.90. The molecule has 0 spiro atoms. The van der Waals surface area contributed by atoms with Crippen LogP contribution >= 0.6 is 0 Å². The van der Waals surface area contributed by atoms with Crippen molar-refractivity contribution >= 4 is 0 Å². The van der Waals surface area contributed by atoms with Crippen molar-refractivity contribution in [1.82, 2.24) is 4.90 Å². The molecular formula is C13H26N2O. The summed E-state index contributed by atoms with van der Waals surface area (Å²) < 4.78 is 5.76. The summed E-state index contributed by atoms with van der Waals surface area (Å²) >= 11 is 0. The molecular weight excluding hydrogens is 200 g/mol. The molecule has 16 heavy (non-hydrogen) atoms. The smallest absolute Gasteiger partial charge is 0.0702 e. The molecule has 2 fully saturated rings. The van der Waals surface area contributed by atoms with Crippen molar-refractivity contribution in [2.75, 3.05) is 26.2 Å². The summed E-state index contributed by atoms with van der Waals surface area (Å²) in [7, 11) is 0. The zero-order valence-corrected chi connectivity index (χ0v) is 10.5. The van der Waals surface area contributed by atoms with Crippen molar-refractivity contribution in [2.45, 2.75) is 51.2 Å². The second-order valence-electron chi connectivity index (χ2n) is 5.21. The number of ether oxygens (including phenoxy) is 1. The minimum atomic E-state index is 0.452. The summed E-state index contributed by atoms with van der Waals surface area (Å²) in [4.78, 5) is 2.59. The second kappa shape index (κ2) is 5.99. The average Bonchev–Trinajstić information content (AvgIpc) is 2.24. The summed E-state index contributed by atoms with van der Waals surface area (Å²) in [5.41, 5.74) is 5.95. The van der Waals surface area contributed by atoms with Gasteiger partial charge in [-0.2, -0.15) is 0 Å². The van der Waals surface area contributed by atoms with E-state index in [0.29, 0.717) is 12.1 Å². The standard InChI is InChI=1S/C13H26N2O/c1-2-16-12-7-4-8-15(10-12)13(9-14)11-5-3-6-11/h11-13H,2-10,14H2,1H3. The summed E-state index contributed by atoms with van der Waals surface area (Å²) in [6.07, 6.45) is 7.13. The van der Waals surface area contributed by atoms with E-state index in [2.05, 4.69) is 11.8 Å². The predicted octanol–water partition coefficient (Wildman–Crippen LogP) is 1.61. The van der Waals surface area contributed by atoms with Crippen molar-refractivity contribution < 1.29 is 4.74 Å². The highest BCUT2D eigenvalue weighted by atomic mass is 16.5. The van der Waals surface area contributed by atoms with Gasteiger partial charge < -0.3 is 10.5 Å². The molecule has 3 heteroatoms. The minimum absolute atomic E-state index is 0.452. The summed E-state index contributed by atoms with van der Waals surface area (Å²) in [6, 6.07) is 0.622. The zero-order chi connectivity index (χ0) is 11.4. The lowest BCUT2D eigenvalue weighted by atomic mass is 9.78. The van der Waals surface area contributed by atoms with Gasteiger partial charge in [-0.25, -0.2) is 0 Å². The van der Waals surface area contributed by atoms with E-state index in [0.717, 1.165) is 25.6 Å². The first-order chi connectivity index (χ1) is 7.85. The maximum Gasteiger partial charge on any atom is 0.0702 e. The Kier molecular flexibility index (Phi) is 4.62. The van der Waals surface area contributed by atoms with E-state index in [9.17, 15) is 0 Å². The molecule has 1 aliphatic heterocycles. The SMILES string of the molecule is CCOC1CCCN(C(CN)C2CCC2)C1. The molecule has 2 rings (SSSR count). The summed E-state index contributed by atoms with van der Waals surface area (Å²) in [5.74, 6) is 0.866. The highest BCUT2D eigenvalue weighted by Gasteiger charge is 2.33. The van der Waals surface area contributed by atoms with Crippen molar-refractivity contribution in [3.8, 4) is 0 Å². The molecule has 0 amide bonds. The molecule has 1 aliphatic carbocycles. The van der Waals surface area contributed by atoms with Crippen LogP contribution in [0.2, 0.25) is 0 Å². The molecule has 0 aromatic rings. The first kappa shape index (κ1) is 12.3. The van der Waals surface area contributed by atoms with Crippen LogP contribution < -0.4 is 5.73 Å². The van der Waals surface area contributed by atoms with Gasteiger partial charge in [0.2, 0.25) is 0 Å². The van der Waals surface area contributed by atoms with Gasteiger partial charge >= 0.3 is 0 Å².